The van der Waals surface area contributed by atoms with Gasteiger partial charge in [-0.3, -0.25) is 29.5 Å². The Morgan fingerprint density at radius 2 is 1.87 bits per heavy atom. The van der Waals surface area contributed by atoms with Crippen molar-refractivity contribution < 1.29 is 44.0 Å². The molecule has 0 spiro atoms. The van der Waals surface area contributed by atoms with Gasteiger partial charge in [0.2, 0.25) is 18.0 Å². The first-order valence-corrected chi connectivity index (χ1v) is 16.8. The van der Waals surface area contributed by atoms with Crippen LogP contribution in [0.15, 0.2) is 47.5 Å². The summed E-state index contributed by atoms with van der Waals surface area (Å²) in [5, 5.41) is 38.5. The minimum atomic E-state index is -2.19. The zero-order valence-corrected chi connectivity index (χ0v) is 27.3. The first kappa shape index (κ1) is 36.1. The Morgan fingerprint density at radius 1 is 1.13 bits per heavy atom. The van der Waals surface area contributed by atoms with Crippen molar-refractivity contribution >= 4 is 41.5 Å². The normalized spacial score (nSPS) is 23.6. The molecular formula is C32H43N5O9S. The number of carbonyl (C=O) groups is 5. The summed E-state index contributed by atoms with van der Waals surface area (Å²) < 4.78 is 5.36. The molecule has 2 heterocycles. The number of nitrogens with zero attached hydrogens (tertiary/aromatic N) is 1. The zero-order valence-electron chi connectivity index (χ0n) is 26.5. The number of rotatable bonds is 18. The van der Waals surface area contributed by atoms with E-state index in [4.69, 9.17) is 9.84 Å². The summed E-state index contributed by atoms with van der Waals surface area (Å²) in [6.07, 6.45) is 7.38. The fourth-order valence-corrected chi connectivity index (χ4v) is 8.12. The average Bonchev–Trinajstić information content (AvgIpc) is 3.38. The highest BCUT2D eigenvalue weighted by Gasteiger charge is 2.52. The molecule has 2 amide bonds. The van der Waals surface area contributed by atoms with Crippen LogP contribution in [0.1, 0.15) is 57.4 Å². The first-order chi connectivity index (χ1) is 22.5. The van der Waals surface area contributed by atoms with Gasteiger partial charge < -0.3 is 36.0 Å². The van der Waals surface area contributed by atoms with E-state index in [-0.39, 0.29) is 37.2 Å². The van der Waals surface area contributed by atoms with Crippen molar-refractivity contribution in [2.24, 2.45) is 11.8 Å². The summed E-state index contributed by atoms with van der Waals surface area (Å²) in [4.78, 5) is 66.3. The number of hydrogen-bond acceptors (Lipinski definition) is 11. The Bertz CT molecular complexity index is 1400. The molecule has 0 aromatic carbocycles. The van der Waals surface area contributed by atoms with Gasteiger partial charge in [0.05, 0.1) is 4.75 Å². The molecule has 0 saturated carbocycles. The molecule has 6 unspecified atom stereocenters. The fraction of sp³-hybridized carbons (Fsp3) is 0.562. The van der Waals surface area contributed by atoms with Gasteiger partial charge in [-0.15, -0.1) is 11.8 Å². The van der Waals surface area contributed by atoms with E-state index in [0.29, 0.717) is 18.6 Å². The van der Waals surface area contributed by atoms with E-state index in [2.05, 4.69) is 20.9 Å². The summed E-state index contributed by atoms with van der Waals surface area (Å²) in [5.41, 5.74) is 3.26. The highest BCUT2D eigenvalue weighted by molar-refractivity contribution is 8.00. The molecule has 4 rings (SSSR count). The maximum atomic E-state index is 13.3. The summed E-state index contributed by atoms with van der Waals surface area (Å²) in [6.45, 7) is 2.22. The second-order valence-electron chi connectivity index (χ2n) is 12.1. The monoisotopic (exact) mass is 673 g/mol. The molecule has 1 aliphatic heterocycles. The number of amides is 2. The Kier molecular flexibility index (Phi) is 12.5. The first-order valence-electron chi connectivity index (χ1n) is 15.8. The number of carboxylic acids is 2. The van der Waals surface area contributed by atoms with Crippen molar-refractivity contribution in [3.05, 3.63) is 53.1 Å². The van der Waals surface area contributed by atoms with Crippen LogP contribution in [0.3, 0.4) is 0 Å². The molecule has 7 N–H and O–H groups in total. The lowest BCUT2D eigenvalue weighted by atomic mass is 9.69. The molecule has 2 aliphatic carbocycles. The number of carbonyl (C=O) groups excluding carboxylic acids is 3. The maximum absolute atomic E-state index is 13.3. The molecule has 256 valence electrons. The predicted molar refractivity (Wildman–Crippen MR) is 172 cm³/mol. The lowest BCUT2D eigenvalue weighted by Gasteiger charge is -2.42. The molecule has 1 aromatic rings. The number of allylic oxidation sites excluding steroid dienone is 1. The summed E-state index contributed by atoms with van der Waals surface area (Å²) >= 11 is 1.36. The highest BCUT2D eigenvalue weighted by Crippen LogP contribution is 2.56. The Hall–Kier alpha value is -3.79. The summed E-state index contributed by atoms with van der Waals surface area (Å²) in [5.74, 6) is -4.41. The molecule has 14 nitrogen and oxygen atoms in total. The van der Waals surface area contributed by atoms with Crippen LogP contribution in [-0.2, 0) is 35.1 Å². The molecule has 0 bridgehead atoms. The number of carboxylic acid groups (broad SMARTS) is 2. The molecule has 0 fully saturated rings. The number of thioether (sulfide) groups is 1. The van der Waals surface area contributed by atoms with Gasteiger partial charge in [0.15, 0.2) is 0 Å². The van der Waals surface area contributed by atoms with Gasteiger partial charge in [0.25, 0.3) is 0 Å². The lowest BCUT2D eigenvalue weighted by Crippen LogP contribution is -2.53. The SMILES string of the molecule is CCCC1(SCC(NC(=O)CCC(NCNC)C(=O)O)C(=O)NC(O)C(=O)O)CCC2CC(Cc3ccncc3)=CC3C(=O)OC1=C23. The largest absolute Gasteiger partial charge is 0.480 e. The van der Waals surface area contributed by atoms with Crippen LogP contribution in [0.25, 0.3) is 0 Å². The van der Waals surface area contributed by atoms with Gasteiger partial charge in [-0.1, -0.05) is 25.0 Å². The second kappa shape index (κ2) is 16.4. The number of aliphatic hydroxyl groups is 1. The van der Waals surface area contributed by atoms with Crippen LogP contribution in [0.2, 0.25) is 0 Å². The number of aliphatic carboxylic acids is 2. The van der Waals surface area contributed by atoms with Crippen LogP contribution < -0.4 is 21.3 Å². The molecule has 0 radical (unpaired) electrons. The quantitative estimate of drug-likeness (QED) is 0.0660. The molecule has 0 saturated heterocycles. The predicted octanol–water partition coefficient (Wildman–Crippen LogP) is 1.07. The van der Waals surface area contributed by atoms with Gasteiger partial charge in [-0.25, -0.2) is 4.79 Å². The van der Waals surface area contributed by atoms with E-state index < -0.39 is 52.7 Å². The third-order valence-electron chi connectivity index (χ3n) is 8.72. The fourth-order valence-electron chi connectivity index (χ4n) is 6.50. The van der Waals surface area contributed by atoms with Gasteiger partial charge in [0, 0.05) is 31.2 Å². The van der Waals surface area contributed by atoms with Crippen molar-refractivity contribution in [3.63, 3.8) is 0 Å². The zero-order chi connectivity index (χ0) is 34.1. The van der Waals surface area contributed by atoms with Crippen molar-refractivity contribution in [2.75, 3.05) is 19.5 Å². The second-order valence-corrected chi connectivity index (χ2v) is 13.5. The van der Waals surface area contributed by atoms with Crippen molar-refractivity contribution in [2.45, 2.75) is 81.3 Å². The third-order valence-corrected chi connectivity index (χ3v) is 10.4. The molecule has 6 atom stereocenters. The number of esters is 1. The topological polar surface area (TPSA) is 216 Å². The van der Waals surface area contributed by atoms with Crippen molar-refractivity contribution in [1.82, 2.24) is 26.3 Å². The number of pyridine rings is 1. The van der Waals surface area contributed by atoms with Gasteiger partial charge in [-0.2, -0.15) is 0 Å². The molecule has 3 aliphatic rings. The average molecular weight is 674 g/mol. The van der Waals surface area contributed by atoms with E-state index in [1.54, 1.807) is 19.4 Å². The van der Waals surface area contributed by atoms with E-state index in [1.807, 2.05) is 30.4 Å². The third kappa shape index (κ3) is 8.97. The van der Waals surface area contributed by atoms with Crippen LogP contribution in [0, 0.1) is 11.8 Å². The van der Waals surface area contributed by atoms with E-state index in [1.165, 1.54) is 17.3 Å². The van der Waals surface area contributed by atoms with Gasteiger partial charge >= 0.3 is 17.9 Å². The Labute approximate surface area is 277 Å². The van der Waals surface area contributed by atoms with Gasteiger partial charge in [-0.05, 0) is 74.8 Å². The maximum Gasteiger partial charge on any atom is 0.353 e. The van der Waals surface area contributed by atoms with Crippen molar-refractivity contribution in [3.8, 4) is 0 Å². The summed E-state index contributed by atoms with van der Waals surface area (Å²) in [7, 11) is 1.64. The molecule has 15 heteroatoms. The Balaban J connectivity index is 1.54. The van der Waals surface area contributed by atoms with E-state index >= 15 is 0 Å². The molecular weight excluding hydrogens is 630 g/mol. The number of nitrogens with one attached hydrogen (secondary N) is 4. The number of ether oxygens (including phenoxy) is 1. The van der Waals surface area contributed by atoms with Crippen LogP contribution >= 0.6 is 11.8 Å². The van der Waals surface area contributed by atoms with Crippen LogP contribution in [0.4, 0.5) is 0 Å². The van der Waals surface area contributed by atoms with E-state index in [9.17, 15) is 34.2 Å². The Morgan fingerprint density at radius 3 is 2.53 bits per heavy atom. The number of hydrogen-bond donors (Lipinski definition) is 7. The summed E-state index contributed by atoms with van der Waals surface area (Å²) in [6, 6.07) is 1.64. The number of aliphatic hydroxyl groups excluding tert-OH is 1. The number of aromatic nitrogens is 1. The minimum Gasteiger partial charge on any atom is -0.480 e. The van der Waals surface area contributed by atoms with Gasteiger partial charge in [0.1, 0.15) is 23.8 Å². The van der Waals surface area contributed by atoms with Crippen molar-refractivity contribution in [1.29, 1.82) is 0 Å². The van der Waals surface area contributed by atoms with Crippen LogP contribution in [0.5, 0.6) is 0 Å². The van der Waals surface area contributed by atoms with Crippen LogP contribution in [-0.4, -0.2) is 92.6 Å². The lowest BCUT2D eigenvalue weighted by molar-refractivity contribution is -0.151. The van der Waals surface area contributed by atoms with E-state index in [0.717, 1.165) is 36.8 Å². The smallest absolute Gasteiger partial charge is 0.353 e. The standard InChI is InChI=1S/C32H43N5O9S/c1-3-9-32(10-6-20-14-19(13-18-7-11-34-12-8-18)15-21-25(20)26(32)46-31(21)45)47-16-23(27(39)37-28(40)30(43)44)36-24(38)5-4-22(29(41)42)35-17-33-2/h7-8,11-12,15,20-23,28,33,35,40H,3-6,9-10,13-14,16-17H2,1-2H3,(H,36,38)(H,37,39)(H,41,42)(H,43,44). The highest BCUT2D eigenvalue weighted by atomic mass is 32.2. The minimum absolute atomic E-state index is 0.0168. The molecule has 47 heavy (non-hydrogen) atoms. The molecule has 1 aromatic heterocycles.